The van der Waals surface area contributed by atoms with Crippen LogP contribution in [0.15, 0.2) is 42.5 Å². The molecule has 0 aliphatic carbocycles. The summed E-state index contributed by atoms with van der Waals surface area (Å²) in [4.78, 5) is 14.5. The Kier molecular flexibility index (Phi) is 6.19. The summed E-state index contributed by atoms with van der Waals surface area (Å²) in [5.41, 5.74) is 2.01. The third kappa shape index (κ3) is 5.63. The lowest BCUT2D eigenvalue weighted by Crippen LogP contribution is -2.20. The standard InChI is InChI=1S/C19H20Cl2N2O2/c20-15-9-16(21)11-18(10-15)25-13-19(24)22-17-5-3-14(4-6-17)12-23-7-1-2-8-23/h3-6,9-11H,1-2,7-8,12-13H2,(H,22,24). The number of amides is 1. The van der Waals surface area contributed by atoms with Crippen molar-refractivity contribution < 1.29 is 9.53 Å². The molecule has 4 nitrogen and oxygen atoms in total. The van der Waals surface area contributed by atoms with Gasteiger partial charge in [-0.25, -0.2) is 0 Å². The van der Waals surface area contributed by atoms with Gasteiger partial charge in [0.05, 0.1) is 0 Å². The van der Waals surface area contributed by atoms with Gasteiger partial charge in [0.1, 0.15) is 5.75 Å². The highest BCUT2D eigenvalue weighted by Gasteiger charge is 2.11. The van der Waals surface area contributed by atoms with Crippen LogP contribution in [-0.2, 0) is 11.3 Å². The van der Waals surface area contributed by atoms with Gasteiger partial charge in [-0.15, -0.1) is 0 Å². The maximum absolute atomic E-state index is 12.0. The highest BCUT2D eigenvalue weighted by molar-refractivity contribution is 6.34. The van der Waals surface area contributed by atoms with Crippen LogP contribution in [0.1, 0.15) is 18.4 Å². The maximum Gasteiger partial charge on any atom is 0.262 e. The molecule has 0 bridgehead atoms. The van der Waals surface area contributed by atoms with Crippen LogP contribution in [0.3, 0.4) is 0 Å². The number of hydrogen-bond acceptors (Lipinski definition) is 3. The molecule has 0 atom stereocenters. The fourth-order valence-electron chi connectivity index (χ4n) is 2.85. The smallest absolute Gasteiger partial charge is 0.262 e. The van der Waals surface area contributed by atoms with Crippen molar-refractivity contribution in [1.82, 2.24) is 4.90 Å². The molecule has 0 aromatic heterocycles. The lowest BCUT2D eigenvalue weighted by atomic mass is 10.2. The van der Waals surface area contributed by atoms with Gasteiger partial charge in [0.15, 0.2) is 6.61 Å². The van der Waals surface area contributed by atoms with Crippen LogP contribution in [0.2, 0.25) is 10.0 Å². The van der Waals surface area contributed by atoms with Crippen LogP contribution < -0.4 is 10.1 Å². The Morgan fingerprint density at radius 2 is 1.68 bits per heavy atom. The van der Waals surface area contributed by atoms with Gasteiger partial charge in [-0.05, 0) is 61.8 Å². The molecule has 1 aliphatic heterocycles. The zero-order valence-corrected chi connectivity index (χ0v) is 15.3. The predicted molar refractivity (Wildman–Crippen MR) is 102 cm³/mol. The number of benzene rings is 2. The Labute approximate surface area is 157 Å². The van der Waals surface area contributed by atoms with Crippen molar-refractivity contribution >= 4 is 34.8 Å². The summed E-state index contributed by atoms with van der Waals surface area (Å²) in [6.07, 6.45) is 2.57. The van der Waals surface area contributed by atoms with E-state index in [1.807, 2.05) is 24.3 Å². The van der Waals surface area contributed by atoms with Gasteiger partial charge in [0.25, 0.3) is 5.91 Å². The third-order valence-electron chi connectivity index (χ3n) is 4.05. The van der Waals surface area contributed by atoms with E-state index in [1.54, 1.807) is 18.2 Å². The molecule has 1 saturated heterocycles. The van der Waals surface area contributed by atoms with Crippen molar-refractivity contribution in [3.8, 4) is 5.75 Å². The predicted octanol–water partition coefficient (Wildman–Crippen LogP) is 4.61. The molecular formula is C19H20Cl2N2O2. The summed E-state index contributed by atoms with van der Waals surface area (Å²) in [5.74, 6) is 0.233. The first-order chi connectivity index (χ1) is 12.1. The molecule has 0 radical (unpaired) electrons. The molecule has 1 amide bonds. The molecule has 2 aromatic rings. The molecular weight excluding hydrogens is 359 g/mol. The molecule has 0 spiro atoms. The highest BCUT2D eigenvalue weighted by atomic mass is 35.5. The number of ether oxygens (including phenoxy) is 1. The van der Waals surface area contributed by atoms with Crippen LogP contribution >= 0.6 is 23.2 Å². The Morgan fingerprint density at radius 3 is 2.32 bits per heavy atom. The Balaban J connectivity index is 1.48. The second-order valence-electron chi connectivity index (χ2n) is 6.12. The fourth-order valence-corrected chi connectivity index (χ4v) is 3.36. The number of anilines is 1. The van der Waals surface area contributed by atoms with E-state index in [-0.39, 0.29) is 12.5 Å². The molecule has 2 aromatic carbocycles. The summed E-state index contributed by atoms with van der Waals surface area (Å²) in [5, 5.41) is 3.76. The lowest BCUT2D eigenvalue weighted by Gasteiger charge is -2.14. The first-order valence-electron chi connectivity index (χ1n) is 8.28. The van der Waals surface area contributed by atoms with Crippen molar-refractivity contribution in [3.63, 3.8) is 0 Å². The van der Waals surface area contributed by atoms with E-state index in [1.165, 1.54) is 31.5 Å². The summed E-state index contributed by atoms with van der Waals surface area (Å²) in [6, 6.07) is 12.8. The number of halogens is 2. The largest absolute Gasteiger partial charge is 0.484 e. The number of carbonyl (C=O) groups excluding carboxylic acids is 1. The second-order valence-corrected chi connectivity index (χ2v) is 7.00. The van der Waals surface area contributed by atoms with Crippen LogP contribution in [0.5, 0.6) is 5.75 Å². The topological polar surface area (TPSA) is 41.6 Å². The van der Waals surface area contributed by atoms with E-state index in [2.05, 4.69) is 10.2 Å². The molecule has 0 unspecified atom stereocenters. The summed E-state index contributed by atoms with van der Waals surface area (Å²) < 4.78 is 5.43. The highest BCUT2D eigenvalue weighted by Crippen LogP contribution is 2.24. The Bertz CT molecular complexity index is 708. The van der Waals surface area contributed by atoms with E-state index >= 15 is 0 Å². The van der Waals surface area contributed by atoms with E-state index in [9.17, 15) is 4.79 Å². The number of hydrogen-bond donors (Lipinski definition) is 1. The minimum absolute atomic E-state index is 0.105. The van der Waals surface area contributed by atoms with E-state index in [0.717, 1.165) is 12.2 Å². The number of nitrogens with zero attached hydrogens (tertiary/aromatic N) is 1. The molecule has 1 N–H and O–H groups in total. The maximum atomic E-state index is 12.0. The van der Waals surface area contributed by atoms with Gasteiger partial charge in [-0.1, -0.05) is 35.3 Å². The van der Waals surface area contributed by atoms with Crippen LogP contribution in [0.4, 0.5) is 5.69 Å². The zero-order valence-electron chi connectivity index (χ0n) is 13.8. The number of rotatable bonds is 6. The normalized spacial score (nSPS) is 14.5. The van der Waals surface area contributed by atoms with Gasteiger partial charge in [-0.3, -0.25) is 9.69 Å². The molecule has 25 heavy (non-hydrogen) atoms. The van der Waals surface area contributed by atoms with Crippen LogP contribution in [0.25, 0.3) is 0 Å². The van der Waals surface area contributed by atoms with E-state index in [4.69, 9.17) is 27.9 Å². The number of carbonyl (C=O) groups is 1. The minimum atomic E-state index is -0.233. The minimum Gasteiger partial charge on any atom is -0.484 e. The Hall–Kier alpha value is -1.75. The van der Waals surface area contributed by atoms with Crippen molar-refractivity contribution in [2.75, 3.05) is 25.0 Å². The Morgan fingerprint density at radius 1 is 1.04 bits per heavy atom. The van der Waals surface area contributed by atoms with Crippen molar-refractivity contribution in [2.45, 2.75) is 19.4 Å². The first-order valence-corrected chi connectivity index (χ1v) is 9.04. The average molecular weight is 379 g/mol. The van der Waals surface area contributed by atoms with Gasteiger partial charge >= 0.3 is 0 Å². The molecule has 1 aliphatic rings. The van der Waals surface area contributed by atoms with Crippen LogP contribution in [-0.4, -0.2) is 30.5 Å². The summed E-state index contributed by atoms with van der Waals surface area (Å²) in [6.45, 7) is 3.20. The van der Waals surface area contributed by atoms with E-state index in [0.29, 0.717) is 15.8 Å². The van der Waals surface area contributed by atoms with Gasteiger partial charge in [-0.2, -0.15) is 0 Å². The molecule has 1 fully saturated rings. The van der Waals surface area contributed by atoms with Gasteiger partial charge in [0, 0.05) is 22.3 Å². The SMILES string of the molecule is O=C(COc1cc(Cl)cc(Cl)c1)Nc1ccc(CN2CCCC2)cc1. The summed E-state index contributed by atoms with van der Waals surface area (Å²) >= 11 is 11.8. The summed E-state index contributed by atoms with van der Waals surface area (Å²) in [7, 11) is 0. The van der Waals surface area contributed by atoms with Gasteiger partial charge in [0.2, 0.25) is 0 Å². The number of nitrogens with one attached hydrogen (secondary N) is 1. The zero-order chi connectivity index (χ0) is 17.6. The van der Waals surface area contributed by atoms with Crippen molar-refractivity contribution in [2.24, 2.45) is 0 Å². The van der Waals surface area contributed by atoms with Gasteiger partial charge < -0.3 is 10.1 Å². The third-order valence-corrected chi connectivity index (χ3v) is 4.48. The second kappa shape index (κ2) is 8.56. The average Bonchev–Trinajstić information content (AvgIpc) is 3.07. The lowest BCUT2D eigenvalue weighted by molar-refractivity contribution is -0.118. The molecule has 132 valence electrons. The first kappa shape index (κ1) is 18.1. The monoisotopic (exact) mass is 378 g/mol. The van der Waals surface area contributed by atoms with E-state index < -0.39 is 0 Å². The van der Waals surface area contributed by atoms with Crippen molar-refractivity contribution in [3.05, 3.63) is 58.1 Å². The molecule has 0 saturated carbocycles. The van der Waals surface area contributed by atoms with Crippen molar-refractivity contribution in [1.29, 1.82) is 0 Å². The number of likely N-dealkylation sites (tertiary alicyclic amines) is 1. The quantitative estimate of drug-likeness (QED) is 0.797. The molecule has 3 rings (SSSR count). The molecule has 1 heterocycles. The molecule has 6 heteroatoms. The fraction of sp³-hybridized carbons (Fsp3) is 0.316. The van der Waals surface area contributed by atoms with Crippen LogP contribution in [0, 0.1) is 0 Å².